The minimum absolute atomic E-state index is 0.0278. The molecule has 0 radical (unpaired) electrons. The highest BCUT2D eigenvalue weighted by Gasteiger charge is 2.44. The average molecular weight is 1230 g/mol. The van der Waals surface area contributed by atoms with Gasteiger partial charge in [0.05, 0.1) is 22.0 Å². The third-order valence-electron chi connectivity index (χ3n) is 19.7. The lowest BCUT2D eigenvalue weighted by molar-refractivity contribution is 0.568. The highest BCUT2D eigenvalue weighted by Crippen LogP contribution is 2.49. The van der Waals surface area contributed by atoms with E-state index in [-0.39, 0.29) is 78.5 Å². The van der Waals surface area contributed by atoms with Crippen LogP contribution in [0.1, 0.15) is 169 Å². The Hall–Kier alpha value is -9.12. The van der Waals surface area contributed by atoms with Gasteiger partial charge in [0, 0.05) is 50.6 Å². The van der Waals surface area contributed by atoms with Crippen LogP contribution in [0.15, 0.2) is 230 Å². The first-order chi connectivity index (χ1) is 47.7. The molecule has 3 heterocycles. The molecule has 0 amide bonds. The van der Waals surface area contributed by atoms with Gasteiger partial charge in [-0.15, -0.1) is 0 Å². The Morgan fingerprint density at radius 3 is 1.15 bits per heavy atom. The highest BCUT2D eigenvalue weighted by atomic mass is 15.2. The predicted molar refractivity (Wildman–Crippen MR) is 409 cm³/mol. The molecule has 0 saturated heterocycles. The van der Waals surface area contributed by atoms with Crippen LogP contribution in [0, 0.1) is 0 Å². The summed E-state index contributed by atoms with van der Waals surface area (Å²) >= 11 is 0. The average Bonchev–Trinajstić information content (AvgIpc) is 1.14. The van der Waals surface area contributed by atoms with Crippen molar-refractivity contribution in [1.29, 1.82) is 0 Å². The lowest BCUT2D eigenvalue weighted by atomic mass is 9.33. The Morgan fingerprint density at radius 2 is 0.670 bits per heavy atom. The molecule has 0 saturated carbocycles. The largest absolute Gasteiger partial charge is 0.311 e. The second-order valence-corrected chi connectivity index (χ2v) is 32.7. The van der Waals surface area contributed by atoms with Crippen LogP contribution >= 0.6 is 0 Å². The fraction of sp³-hybridized carbons (Fsp3) is 0.267. The first-order valence-electron chi connectivity index (χ1n) is 37.5. The monoisotopic (exact) mass is 1230 g/mol. The number of aromatic nitrogens is 1. The van der Waals surface area contributed by atoms with E-state index >= 15 is 0 Å². The molecule has 0 fully saturated rings. The van der Waals surface area contributed by atoms with Gasteiger partial charge in [-0.2, -0.15) is 0 Å². The zero-order valence-electron chi connectivity index (χ0n) is 66.2. The summed E-state index contributed by atoms with van der Waals surface area (Å²) in [5, 5.41) is 0.0555. The van der Waals surface area contributed by atoms with Crippen LogP contribution in [0.2, 0.25) is 0 Å². The number of nitrogens with zero attached hydrogens (tertiary/aromatic N) is 3. The fourth-order valence-corrected chi connectivity index (χ4v) is 13.9. The fourth-order valence-electron chi connectivity index (χ4n) is 13.9. The zero-order chi connectivity index (χ0) is 73.3. The second kappa shape index (κ2) is 22.3. The summed E-state index contributed by atoms with van der Waals surface area (Å²) in [5.41, 5.74) is 24.8. The van der Waals surface area contributed by atoms with E-state index in [1.165, 1.54) is 38.9 Å². The number of hydrogen-bond acceptors (Lipinski definition) is 2. The van der Waals surface area contributed by atoms with E-state index in [0.717, 1.165) is 89.5 Å². The van der Waals surface area contributed by atoms with Crippen LogP contribution < -0.4 is 26.2 Å². The minimum Gasteiger partial charge on any atom is -0.311 e. The van der Waals surface area contributed by atoms with Crippen LogP contribution in [-0.2, 0) is 32.5 Å². The number of benzene rings is 11. The quantitative estimate of drug-likeness (QED) is 0.147. The molecule has 1 aromatic heterocycles. The molecule has 14 rings (SSSR count). The van der Waals surface area contributed by atoms with Crippen molar-refractivity contribution < 1.29 is 11.0 Å². The van der Waals surface area contributed by atoms with Gasteiger partial charge in [-0.25, -0.2) is 0 Å². The second-order valence-electron chi connectivity index (χ2n) is 32.7. The molecular weight excluding hydrogens is 1130 g/mol. The Balaban J connectivity index is 1.12. The van der Waals surface area contributed by atoms with Gasteiger partial charge < -0.3 is 14.4 Å². The first kappa shape index (κ1) is 53.3. The Bertz CT molecular complexity index is 5280. The normalized spacial score (nSPS) is 14.8. The molecule has 3 nitrogen and oxygen atoms in total. The third kappa shape index (κ3) is 11.2. The van der Waals surface area contributed by atoms with E-state index in [2.05, 4.69) is 310 Å². The van der Waals surface area contributed by atoms with E-state index in [1.54, 1.807) is 4.57 Å². The maximum absolute atomic E-state index is 9.70. The van der Waals surface area contributed by atoms with E-state index < -0.39 is 30.9 Å². The number of hydrogen-bond donors (Lipinski definition) is 0. The lowest BCUT2D eigenvalue weighted by Crippen LogP contribution is -2.61. The number of rotatable bonds is 7. The van der Waals surface area contributed by atoms with Crippen molar-refractivity contribution in [3.63, 3.8) is 0 Å². The van der Waals surface area contributed by atoms with Gasteiger partial charge in [-0.05, 0) is 193 Å². The van der Waals surface area contributed by atoms with Gasteiger partial charge >= 0.3 is 0 Å². The van der Waals surface area contributed by atoms with Crippen LogP contribution in [-0.4, -0.2) is 11.3 Å². The van der Waals surface area contributed by atoms with E-state index in [0.29, 0.717) is 5.69 Å². The van der Waals surface area contributed by atoms with E-state index in [9.17, 15) is 5.48 Å². The van der Waals surface area contributed by atoms with Gasteiger partial charge in [0.1, 0.15) is 0 Å². The van der Waals surface area contributed by atoms with Crippen molar-refractivity contribution in [2.75, 3.05) is 9.80 Å². The van der Waals surface area contributed by atoms with Crippen molar-refractivity contribution in [1.82, 2.24) is 4.57 Å². The minimum atomic E-state index is -0.486. The Labute approximate surface area is 572 Å². The van der Waals surface area contributed by atoms with E-state index in [1.807, 2.05) is 6.07 Å². The van der Waals surface area contributed by atoms with Crippen molar-refractivity contribution in [3.8, 4) is 50.2 Å². The van der Waals surface area contributed by atoms with Gasteiger partial charge in [0.2, 0.25) is 0 Å². The van der Waals surface area contributed by atoms with Gasteiger partial charge in [0.25, 0.3) is 6.71 Å². The molecular formula is C90H92BN3. The molecule has 0 spiro atoms. The van der Waals surface area contributed by atoms with E-state index in [4.69, 9.17) is 5.48 Å². The maximum Gasteiger partial charge on any atom is 0.252 e. The molecule has 4 heteroatoms. The number of anilines is 6. The van der Waals surface area contributed by atoms with Crippen molar-refractivity contribution in [3.05, 3.63) is 264 Å². The molecule has 0 unspecified atom stereocenters. The SMILES string of the molecule is [2H]c1c([2H])c([2H])c2c(c1[2H])c1c([2H])c([2H])c([2H])c([2H])c1n2-c1ccc2c(c1)N(c1cccc(-c3cc(C(C)(C)C)cc(C(C)(C)C)c3)c1)c1cc(-c3ccccc3)cc3c1B2c1cc(-c2cc(C(C)(C)C)cc(C(C)(C)C)c2)ccc1N3c1ccc(-c2cc(C(C)(C)C)cc(C(C)(C)C)c2)cc1. The first-order valence-corrected chi connectivity index (χ1v) is 33.5. The molecule has 11 aromatic carbocycles. The van der Waals surface area contributed by atoms with Crippen molar-refractivity contribution in [2.45, 2.75) is 157 Å². The molecule has 0 atom stereocenters. The summed E-state index contributed by atoms with van der Waals surface area (Å²) in [6.07, 6.45) is 0. The molecule has 0 bridgehead atoms. The summed E-state index contributed by atoms with van der Waals surface area (Å²) in [7, 11) is 0. The molecule has 12 aromatic rings. The van der Waals surface area contributed by atoms with Crippen LogP contribution in [0.25, 0.3) is 72.0 Å². The zero-order valence-corrected chi connectivity index (χ0v) is 58.2. The summed E-state index contributed by atoms with van der Waals surface area (Å²) in [6, 6.07) is 64.3. The Morgan fingerprint density at radius 1 is 0.277 bits per heavy atom. The molecule has 0 aliphatic carbocycles. The standard InChI is InChI=1S/C90H92BN3/c1-85(2,3)65-43-61(44-66(53-65)86(4,5)6)58-35-38-71(39-36-58)92-80-42-37-60(63-47-69(89(13,14)15)55-70(48-63)90(16,17)18)50-77(80)91-76-41-40-73(93-78-33-24-22-31-74(78)75-32-23-25-34-79(75)93)56-81(76)94(83-52-64(51-82(92)84(83)91)57-27-20-19-21-28-57)72-30-26-29-59(49-72)62-45-67(87(7,8)9)54-68(46-62)88(10,11)12/h19-56H,1-18H3/i22D,23D,24D,25D,31D,32D,33D,34D. The van der Waals surface area contributed by atoms with Crippen LogP contribution in [0.3, 0.4) is 0 Å². The van der Waals surface area contributed by atoms with Crippen LogP contribution in [0.5, 0.6) is 0 Å². The highest BCUT2D eigenvalue weighted by molar-refractivity contribution is 7.00. The van der Waals surface area contributed by atoms with Crippen molar-refractivity contribution in [2.24, 2.45) is 0 Å². The molecule has 2 aliphatic heterocycles. The van der Waals surface area contributed by atoms with Gasteiger partial charge in [-0.1, -0.05) is 288 Å². The summed E-state index contributed by atoms with van der Waals surface area (Å²) < 4.78 is 76.2. The van der Waals surface area contributed by atoms with Crippen LogP contribution in [0.4, 0.5) is 34.1 Å². The number of fused-ring (bicyclic) bond motifs is 7. The predicted octanol–water partition coefficient (Wildman–Crippen LogP) is 23.3. The van der Waals surface area contributed by atoms with Crippen molar-refractivity contribution >= 4 is 79.0 Å². The topological polar surface area (TPSA) is 11.4 Å². The smallest absolute Gasteiger partial charge is 0.252 e. The summed E-state index contributed by atoms with van der Waals surface area (Å²) in [5.74, 6) is 0. The summed E-state index contributed by atoms with van der Waals surface area (Å²) in [6.45, 7) is 40.6. The number of para-hydroxylation sites is 2. The molecule has 0 N–H and O–H groups in total. The molecule has 2 aliphatic rings. The molecule has 470 valence electrons. The van der Waals surface area contributed by atoms with Gasteiger partial charge in [0.15, 0.2) is 0 Å². The lowest BCUT2D eigenvalue weighted by Gasteiger charge is -2.45. The third-order valence-corrected chi connectivity index (χ3v) is 19.7. The Kier molecular flexibility index (Phi) is 12.6. The summed E-state index contributed by atoms with van der Waals surface area (Å²) in [4.78, 5) is 4.84. The molecule has 94 heavy (non-hydrogen) atoms. The van der Waals surface area contributed by atoms with Gasteiger partial charge in [-0.3, -0.25) is 0 Å². The maximum atomic E-state index is 9.70.